The second-order valence-electron chi connectivity index (χ2n) is 8.46. The first-order chi connectivity index (χ1) is 13.0. The molecule has 144 valence electrons. The van der Waals surface area contributed by atoms with Gasteiger partial charge in [-0.05, 0) is 60.8 Å². The van der Waals surface area contributed by atoms with Crippen molar-refractivity contribution in [2.24, 2.45) is 11.8 Å². The third-order valence-electron chi connectivity index (χ3n) is 6.37. The third kappa shape index (κ3) is 4.34. The van der Waals surface area contributed by atoms with Gasteiger partial charge in [-0.2, -0.15) is 0 Å². The fourth-order valence-corrected chi connectivity index (χ4v) is 4.98. The smallest absolute Gasteiger partial charge is 0.115 e. The van der Waals surface area contributed by atoms with Gasteiger partial charge < -0.3 is 15.3 Å². The molecule has 2 aliphatic rings. The van der Waals surface area contributed by atoms with Crippen LogP contribution in [0, 0.1) is 11.8 Å². The van der Waals surface area contributed by atoms with Crippen LogP contribution in [0.15, 0.2) is 54.6 Å². The Labute approximate surface area is 161 Å². The van der Waals surface area contributed by atoms with Gasteiger partial charge >= 0.3 is 0 Å². The summed E-state index contributed by atoms with van der Waals surface area (Å²) in [5, 5.41) is 30.9. The average molecular weight is 367 g/mol. The summed E-state index contributed by atoms with van der Waals surface area (Å²) in [4.78, 5) is 2.32. The number of fused-ring (bicyclic) bond motifs is 1. The number of phenolic OH excluding ortho intramolecular Hbond substituents is 1. The van der Waals surface area contributed by atoms with Crippen LogP contribution in [0.25, 0.3) is 0 Å². The Morgan fingerprint density at radius 2 is 1.59 bits per heavy atom. The molecule has 2 aromatic rings. The van der Waals surface area contributed by atoms with Crippen molar-refractivity contribution in [3.05, 3.63) is 65.7 Å². The number of benzene rings is 2. The molecule has 2 fully saturated rings. The lowest BCUT2D eigenvalue weighted by molar-refractivity contribution is 0.0247. The highest BCUT2D eigenvalue weighted by Gasteiger charge is 2.47. The molecular formula is C23H29NO3. The van der Waals surface area contributed by atoms with Crippen LogP contribution < -0.4 is 0 Å². The van der Waals surface area contributed by atoms with Crippen molar-refractivity contribution < 1.29 is 15.3 Å². The van der Waals surface area contributed by atoms with Crippen molar-refractivity contribution in [3.8, 4) is 5.75 Å². The molecule has 0 bridgehead atoms. The normalized spacial score (nSPS) is 29.0. The highest BCUT2D eigenvalue weighted by Crippen LogP contribution is 2.46. The topological polar surface area (TPSA) is 63.9 Å². The van der Waals surface area contributed by atoms with E-state index in [1.54, 1.807) is 24.3 Å². The fraction of sp³-hybridized carbons (Fsp3) is 0.478. The Morgan fingerprint density at radius 3 is 2.22 bits per heavy atom. The zero-order valence-corrected chi connectivity index (χ0v) is 15.7. The van der Waals surface area contributed by atoms with Crippen LogP contribution in [0.1, 0.15) is 36.5 Å². The quantitative estimate of drug-likeness (QED) is 0.734. The molecule has 0 aromatic heterocycles. The minimum Gasteiger partial charge on any atom is -0.508 e. The number of nitrogens with zero attached hydrogens (tertiary/aromatic N) is 1. The van der Waals surface area contributed by atoms with Crippen LogP contribution in [0.5, 0.6) is 5.75 Å². The van der Waals surface area contributed by atoms with Gasteiger partial charge in [-0.1, -0.05) is 42.5 Å². The van der Waals surface area contributed by atoms with E-state index in [0.717, 1.165) is 44.3 Å². The van der Waals surface area contributed by atoms with Gasteiger partial charge in [0.1, 0.15) is 5.75 Å². The Hall–Kier alpha value is -1.88. The molecule has 0 radical (unpaired) electrons. The fourth-order valence-electron chi connectivity index (χ4n) is 4.98. The van der Waals surface area contributed by atoms with Gasteiger partial charge in [0, 0.05) is 19.6 Å². The van der Waals surface area contributed by atoms with E-state index in [4.69, 9.17) is 0 Å². The van der Waals surface area contributed by atoms with Crippen LogP contribution in [-0.2, 0) is 6.42 Å². The number of likely N-dealkylation sites (tertiary alicyclic amines) is 1. The molecule has 3 N–H and O–H groups in total. The molecule has 1 unspecified atom stereocenters. The first kappa shape index (κ1) is 18.5. The van der Waals surface area contributed by atoms with Gasteiger partial charge in [0.15, 0.2) is 0 Å². The van der Waals surface area contributed by atoms with Crippen molar-refractivity contribution in [2.75, 3.05) is 19.6 Å². The highest BCUT2D eigenvalue weighted by molar-refractivity contribution is 5.27. The Kier molecular flexibility index (Phi) is 5.22. The van der Waals surface area contributed by atoms with Crippen LogP contribution in [0.2, 0.25) is 0 Å². The Balaban J connectivity index is 1.28. The largest absolute Gasteiger partial charge is 0.508 e. The molecule has 1 aliphatic carbocycles. The van der Waals surface area contributed by atoms with E-state index in [1.807, 2.05) is 6.07 Å². The summed E-state index contributed by atoms with van der Waals surface area (Å²) in [6.07, 6.45) is 2.97. The van der Waals surface area contributed by atoms with E-state index in [0.29, 0.717) is 18.4 Å². The number of phenols is 1. The summed E-state index contributed by atoms with van der Waals surface area (Å²) in [5.41, 5.74) is 1.60. The van der Waals surface area contributed by atoms with Crippen molar-refractivity contribution in [1.29, 1.82) is 0 Å². The molecule has 4 heteroatoms. The van der Waals surface area contributed by atoms with Crippen LogP contribution >= 0.6 is 0 Å². The third-order valence-corrected chi connectivity index (χ3v) is 6.37. The molecular weight excluding hydrogens is 338 g/mol. The standard InChI is InChI=1S/C23H29NO3/c25-21-8-6-18(7-9-21)22(26)16-24-14-19-12-23(27,13-20(19)15-24)11-10-17-4-2-1-3-5-17/h1-9,19-20,22,25-27H,10-16H2/t19-,20+,22?,23-. The predicted octanol–water partition coefficient (Wildman–Crippen LogP) is 3.13. The SMILES string of the molecule is Oc1ccc(C(O)CN2C[C@@H]3C[C@@](O)(CCc4ccccc4)C[C@@H]3C2)cc1. The maximum atomic E-state index is 11.0. The van der Waals surface area contributed by atoms with Gasteiger partial charge in [0.2, 0.25) is 0 Å². The monoisotopic (exact) mass is 367 g/mol. The van der Waals surface area contributed by atoms with E-state index in [1.165, 1.54) is 5.56 Å². The van der Waals surface area contributed by atoms with Crippen molar-refractivity contribution in [1.82, 2.24) is 4.90 Å². The lowest BCUT2D eigenvalue weighted by Crippen LogP contribution is -2.32. The van der Waals surface area contributed by atoms with E-state index < -0.39 is 11.7 Å². The van der Waals surface area contributed by atoms with Gasteiger partial charge in [-0.25, -0.2) is 0 Å². The zero-order valence-electron chi connectivity index (χ0n) is 15.7. The summed E-state index contributed by atoms with van der Waals surface area (Å²) in [6, 6.07) is 17.2. The molecule has 0 spiro atoms. The summed E-state index contributed by atoms with van der Waals surface area (Å²) in [7, 11) is 0. The van der Waals surface area contributed by atoms with Crippen LogP contribution in [0.3, 0.4) is 0 Å². The van der Waals surface area contributed by atoms with Gasteiger partial charge in [0.25, 0.3) is 0 Å². The summed E-state index contributed by atoms with van der Waals surface area (Å²) < 4.78 is 0. The highest BCUT2D eigenvalue weighted by atomic mass is 16.3. The minimum absolute atomic E-state index is 0.219. The molecule has 1 saturated carbocycles. The molecule has 4 atom stereocenters. The lowest BCUT2D eigenvalue weighted by Gasteiger charge is -2.27. The number of hydrogen-bond acceptors (Lipinski definition) is 4. The van der Waals surface area contributed by atoms with Crippen molar-refractivity contribution in [3.63, 3.8) is 0 Å². The van der Waals surface area contributed by atoms with Crippen LogP contribution in [-0.4, -0.2) is 45.5 Å². The lowest BCUT2D eigenvalue weighted by atomic mass is 9.91. The second-order valence-corrected chi connectivity index (χ2v) is 8.46. The molecule has 2 aromatic carbocycles. The Bertz CT molecular complexity index is 732. The van der Waals surface area contributed by atoms with Crippen molar-refractivity contribution in [2.45, 2.75) is 37.4 Å². The first-order valence-electron chi connectivity index (χ1n) is 9.96. The van der Waals surface area contributed by atoms with Gasteiger partial charge in [-0.3, -0.25) is 4.90 Å². The molecule has 4 rings (SSSR count). The molecule has 1 saturated heterocycles. The van der Waals surface area contributed by atoms with Crippen molar-refractivity contribution >= 4 is 0 Å². The van der Waals surface area contributed by atoms with Crippen LogP contribution in [0.4, 0.5) is 0 Å². The number of hydrogen-bond donors (Lipinski definition) is 3. The average Bonchev–Trinajstić information content (AvgIpc) is 3.16. The molecule has 1 heterocycles. The van der Waals surface area contributed by atoms with E-state index >= 15 is 0 Å². The molecule has 4 nitrogen and oxygen atoms in total. The van der Waals surface area contributed by atoms with Gasteiger partial charge in [0.05, 0.1) is 11.7 Å². The predicted molar refractivity (Wildman–Crippen MR) is 105 cm³/mol. The molecule has 1 aliphatic heterocycles. The van der Waals surface area contributed by atoms with E-state index in [-0.39, 0.29) is 5.75 Å². The number of aliphatic hydroxyl groups excluding tert-OH is 1. The Morgan fingerprint density at radius 1 is 0.963 bits per heavy atom. The number of β-amino-alcohol motifs (C(OH)–C–C–N with tert-alkyl or cyclic N) is 1. The van der Waals surface area contributed by atoms with E-state index in [2.05, 4.69) is 29.2 Å². The zero-order chi connectivity index (χ0) is 18.9. The van der Waals surface area contributed by atoms with Gasteiger partial charge in [-0.15, -0.1) is 0 Å². The molecule has 27 heavy (non-hydrogen) atoms. The summed E-state index contributed by atoms with van der Waals surface area (Å²) in [6.45, 7) is 2.52. The minimum atomic E-state index is -0.540. The number of aryl methyl sites for hydroxylation is 1. The summed E-state index contributed by atoms with van der Waals surface area (Å²) in [5.74, 6) is 1.27. The second kappa shape index (κ2) is 7.63. The number of aromatic hydroxyl groups is 1. The first-order valence-corrected chi connectivity index (χ1v) is 9.96. The molecule has 0 amide bonds. The maximum absolute atomic E-state index is 11.0. The van der Waals surface area contributed by atoms with E-state index in [9.17, 15) is 15.3 Å². The summed E-state index contributed by atoms with van der Waals surface area (Å²) >= 11 is 0. The number of aliphatic hydroxyl groups is 2. The number of rotatable bonds is 6. The maximum Gasteiger partial charge on any atom is 0.115 e.